The van der Waals surface area contributed by atoms with Gasteiger partial charge in [-0.3, -0.25) is 4.52 Å². The van der Waals surface area contributed by atoms with Gasteiger partial charge < -0.3 is 4.74 Å². The van der Waals surface area contributed by atoms with Gasteiger partial charge in [-0.15, -0.1) is 0 Å². The maximum atomic E-state index is 10.1. The summed E-state index contributed by atoms with van der Waals surface area (Å²) < 4.78 is 20.5. The second-order valence-electron chi connectivity index (χ2n) is 3.90. The summed E-state index contributed by atoms with van der Waals surface area (Å²) in [4.78, 5) is 0. The van der Waals surface area contributed by atoms with Gasteiger partial charge in [0.25, 0.3) is 0 Å². The van der Waals surface area contributed by atoms with E-state index in [9.17, 15) is 4.57 Å². The van der Waals surface area contributed by atoms with Crippen molar-refractivity contribution in [1.82, 2.24) is 0 Å². The van der Waals surface area contributed by atoms with E-state index >= 15 is 0 Å². The normalized spacial score (nSPS) is 10.6. The fourth-order valence-electron chi connectivity index (χ4n) is 1.50. The minimum absolute atomic E-state index is 0.280. The first-order chi connectivity index (χ1) is 8.36. The Morgan fingerprint density at radius 2 is 1.88 bits per heavy atom. The fourth-order valence-corrected chi connectivity index (χ4v) is 1.70. The maximum Gasteiger partial charge on any atom is 0.327 e. The summed E-state index contributed by atoms with van der Waals surface area (Å²) in [6.07, 6.45) is 4.85. The molecule has 94 valence electrons. The Morgan fingerprint density at radius 1 is 1.12 bits per heavy atom. The van der Waals surface area contributed by atoms with Crippen molar-refractivity contribution >= 4 is 8.69 Å². The van der Waals surface area contributed by atoms with Gasteiger partial charge in [-0.05, 0) is 24.1 Å². The van der Waals surface area contributed by atoms with Crippen molar-refractivity contribution in [3.63, 3.8) is 0 Å². The molecule has 0 amide bonds. The average molecular weight is 254 g/mol. The Bertz CT molecular complexity index is 311. The highest BCUT2D eigenvalue weighted by Crippen LogP contribution is 2.14. The third kappa shape index (κ3) is 6.40. The summed E-state index contributed by atoms with van der Waals surface area (Å²) in [5, 5.41) is 0. The standard InChI is InChI=1S/C13H19O3P/c1-2-3-4-5-10-15-13-8-6-12(7-9-13)11-16-17-14/h6-9H,2-5,10-11H2,1H3. The van der Waals surface area contributed by atoms with E-state index in [0.717, 1.165) is 24.3 Å². The monoisotopic (exact) mass is 254 g/mol. The summed E-state index contributed by atoms with van der Waals surface area (Å²) in [6, 6.07) is 7.68. The molecule has 1 aromatic rings. The number of unbranched alkanes of at least 4 members (excludes halogenated alkanes) is 3. The van der Waals surface area contributed by atoms with E-state index in [4.69, 9.17) is 9.26 Å². The Balaban J connectivity index is 2.23. The average Bonchev–Trinajstić information content (AvgIpc) is 2.37. The SMILES string of the molecule is CCCCCCOc1ccc(COP=O)cc1. The summed E-state index contributed by atoms with van der Waals surface area (Å²) in [6.45, 7) is 3.33. The predicted octanol–water partition coefficient (Wildman–Crippen LogP) is 4.37. The summed E-state index contributed by atoms with van der Waals surface area (Å²) >= 11 is 0. The van der Waals surface area contributed by atoms with Crippen molar-refractivity contribution in [1.29, 1.82) is 0 Å². The molecule has 4 heteroatoms. The van der Waals surface area contributed by atoms with E-state index in [1.54, 1.807) is 0 Å². The van der Waals surface area contributed by atoms with Crippen LogP contribution in [-0.2, 0) is 15.7 Å². The first-order valence-corrected chi connectivity index (χ1v) is 6.76. The minimum Gasteiger partial charge on any atom is -0.494 e. The molecule has 0 heterocycles. The summed E-state index contributed by atoms with van der Waals surface area (Å²) in [5.74, 6) is 0.880. The molecule has 0 spiro atoms. The number of benzene rings is 1. The molecule has 0 saturated heterocycles. The molecule has 0 N–H and O–H groups in total. The molecule has 0 saturated carbocycles. The molecule has 0 atom stereocenters. The Labute approximate surface area is 104 Å². The quantitative estimate of drug-likeness (QED) is 0.485. The first kappa shape index (κ1) is 14.1. The second kappa shape index (κ2) is 9.15. The van der Waals surface area contributed by atoms with Crippen LogP contribution < -0.4 is 4.74 Å². The molecule has 0 unspecified atom stereocenters. The molecular weight excluding hydrogens is 235 g/mol. The fraction of sp³-hybridized carbons (Fsp3) is 0.538. The van der Waals surface area contributed by atoms with Gasteiger partial charge in [0.2, 0.25) is 0 Å². The van der Waals surface area contributed by atoms with Crippen LogP contribution in [0, 0.1) is 0 Å². The second-order valence-corrected chi connectivity index (χ2v) is 4.31. The van der Waals surface area contributed by atoms with Crippen LogP contribution in [0.15, 0.2) is 24.3 Å². The van der Waals surface area contributed by atoms with Crippen molar-refractivity contribution in [3.05, 3.63) is 29.8 Å². The van der Waals surface area contributed by atoms with E-state index in [0.29, 0.717) is 6.61 Å². The molecular formula is C13H19O3P. The van der Waals surface area contributed by atoms with Crippen LogP contribution in [0.1, 0.15) is 38.2 Å². The number of hydrogen-bond acceptors (Lipinski definition) is 3. The zero-order valence-electron chi connectivity index (χ0n) is 10.2. The van der Waals surface area contributed by atoms with Gasteiger partial charge in [-0.1, -0.05) is 38.3 Å². The van der Waals surface area contributed by atoms with Crippen molar-refractivity contribution in [2.24, 2.45) is 0 Å². The van der Waals surface area contributed by atoms with Crippen LogP contribution in [-0.4, -0.2) is 6.61 Å². The Hall–Kier alpha value is -0.920. The van der Waals surface area contributed by atoms with E-state index in [1.165, 1.54) is 19.3 Å². The van der Waals surface area contributed by atoms with Gasteiger partial charge in [0.15, 0.2) is 0 Å². The number of rotatable bonds is 9. The van der Waals surface area contributed by atoms with Crippen molar-refractivity contribution < 1.29 is 13.8 Å². The van der Waals surface area contributed by atoms with Crippen LogP contribution in [0.3, 0.4) is 0 Å². The molecule has 0 bridgehead atoms. The van der Waals surface area contributed by atoms with Crippen LogP contribution in [0.2, 0.25) is 0 Å². The van der Waals surface area contributed by atoms with Gasteiger partial charge in [0.05, 0.1) is 13.2 Å². The van der Waals surface area contributed by atoms with E-state index < -0.39 is 0 Å². The van der Waals surface area contributed by atoms with Crippen LogP contribution in [0.5, 0.6) is 5.75 Å². The number of hydrogen-bond donors (Lipinski definition) is 0. The van der Waals surface area contributed by atoms with Crippen molar-refractivity contribution in [2.75, 3.05) is 6.61 Å². The first-order valence-electron chi connectivity index (χ1n) is 6.03. The summed E-state index contributed by atoms with van der Waals surface area (Å²) in [7, 11) is -0.280. The van der Waals surface area contributed by atoms with E-state index in [1.807, 2.05) is 24.3 Å². The molecule has 1 aromatic carbocycles. The lowest BCUT2D eigenvalue weighted by molar-refractivity contribution is 0.304. The van der Waals surface area contributed by atoms with Crippen LogP contribution >= 0.6 is 8.69 Å². The zero-order valence-corrected chi connectivity index (χ0v) is 11.1. The molecule has 17 heavy (non-hydrogen) atoms. The third-order valence-electron chi connectivity index (χ3n) is 2.47. The third-order valence-corrected chi connectivity index (χ3v) is 2.71. The molecule has 0 radical (unpaired) electrons. The van der Waals surface area contributed by atoms with Gasteiger partial charge >= 0.3 is 8.69 Å². The molecule has 1 rings (SSSR count). The highest BCUT2D eigenvalue weighted by atomic mass is 31.1. The maximum absolute atomic E-state index is 10.1. The van der Waals surface area contributed by atoms with Crippen molar-refractivity contribution in [2.45, 2.75) is 39.2 Å². The van der Waals surface area contributed by atoms with Crippen molar-refractivity contribution in [3.8, 4) is 5.75 Å². The van der Waals surface area contributed by atoms with Gasteiger partial charge in [-0.25, -0.2) is 4.57 Å². The van der Waals surface area contributed by atoms with Crippen LogP contribution in [0.25, 0.3) is 0 Å². The molecule has 0 fully saturated rings. The molecule has 0 aliphatic heterocycles. The highest BCUT2D eigenvalue weighted by molar-refractivity contribution is 7.17. The van der Waals surface area contributed by atoms with E-state index in [-0.39, 0.29) is 8.69 Å². The van der Waals surface area contributed by atoms with Gasteiger partial charge in [0.1, 0.15) is 5.75 Å². The molecule has 0 aliphatic rings. The van der Waals surface area contributed by atoms with E-state index in [2.05, 4.69) is 6.92 Å². The lowest BCUT2D eigenvalue weighted by Crippen LogP contribution is -1.97. The van der Waals surface area contributed by atoms with Crippen LogP contribution in [0.4, 0.5) is 0 Å². The zero-order chi connectivity index (χ0) is 12.3. The molecule has 0 aromatic heterocycles. The predicted molar refractivity (Wildman–Crippen MR) is 68.5 cm³/mol. The van der Waals surface area contributed by atoms with Gasteiger partial charge in [0, 0.05) is 0 Å². The molecule has 0 aliphatic carbocycles. The Morgan fingerprint density at radius 3 is 2.53 bits per heavy atom. The summed E-state index contributed by atoms with van der Waals surface area (Å²) in [5.41, 5.74) is 0.992. The largest absolute Gasteiger partial charge is 0.494 e. The molecule has 3 nitrogen and oxygen atoms in total. The highest BCUT2D eigenvalue weighted by Gasteiger charge is 1.96. The lowest BCUT2D eigenvalue weighted by Gasteiger charge is -2.06. The number of ether oxygens (including phenoxy) is 1. The van der Waals surface area contributed by atoms with Gasteiger partial charge in [-0.2, -0.15) is 0 Å². The minimum atomic E-state index is -0.280. The topological polar surface area (TPSA) is 35.5 Å². The lowest BCUT2D eigenvalue weighted by atomic mass is 10.2. The smallest absolute Gasteiger partial charge is 0.327 e. The Kier molecular flexibility index (Phi) is 7.61.